The minimum absolute atomic E-state index is 0.291. The fourth-order valence-corrected chi connectivity index (χ4v) is 3.05. The number of carbonyl (C=O) groups is 2. The van der Waals surface area contributed by atoms with Crippen LogP contribution in [-0.4, -0.2) is 46.3 Å². The van der Waals surface area contributed by atoms with E-state index >= 15 is 0 Å². The highest BCUT2D eigenvalue weighted by atomic mass is 16.5. The van der Waals surface area contributed by atoms with E-state index in [1.54, 1.807) is 23.0 Å². The Morgan fingerprint density at radius 2 is 1.68 bits per heavy atom. The highest BCUT2D eigenvalue weighted by Gasteiger charge is 2.22. The molecule has 0 fully saturated rings. The lowest BCUT2D eigenvalue weighted by Gasteiger charge is -2.18. The van der Waals surface area contributed by atoms with Crippen molar-refractivity contribution in [3.05, 3.63) is 97.2 Å². The average molecular weight is 415 g/mol. The maximum absolute atomic E-state index is 12.9. The molecule has 0 bridgehead atoms. The van der Waals surface area contributed by atoms with Crippen LogP contribution < -0.4 is 0 Å². The van der Waals surface area contributed by atoms with Gasteiger partial charge in [0, 0.05) is 24.8 Å². The summed E-state index contributed by atoms with van der Waals surface area (Å²) in [7, 11) is 0. The molecule has 1 amide bonds. The molecular weight excluding hydrogens is 390 g/mol. The van der Waals surface area contributed by atoms with Gasteiger partial charge in [-0.1, -0.05) is 60.2 Å². The fourth-order valence-electron chi connectivity index (χ4n) is 3.05. The van der Waals surface area contributed by atoms with Gasteiger partial charge in [-0.05, 0) is 19.1 Å². The van der Waals surface area contributed by atoms with Crippen LogP contribution in [0.25, 0.3) is 16.9 Å². The molecule has 0 saturated heterocycles. The highest BCUT2D eigenvalue weighted by molar-refractivity contribution is 5.97. The van der Waals surface area contributed by atoms with Crippen molar-refractivity contribution >= 4 is 11.9 Å². The lowest BCUT2D eigenvalue weighted by atomic mass is 10.1. The van der Waals surface area contributed by atoms with Crippen LogP contribution in [0.15, 0.2) is 86.1 Å². The number of carbonyl (C=O) groups excluding carboxylic acids is 2. The Hall–Kier alpha value is -3.93. The Morgan fingerprint density at radius 1 is 1.03 bits per heavy atom. The van der Waals surface area contributed by atoms with Crippen molar-refractivity contribution in [1.29, 1.82) is 0 Å². The van der Waals surface area contributed by atoms with E-state index in [4.69, 9.17) is 4.74 Å². The Bertz CT molecular complexity index is 1060. The number of nitrogens with zero attached hydrogens (tertiary/aromatic N) is 3. The van der Waals surface area contributed by atoms with E-state index in [1.807, 2.05) is 61.5 Å². The van der Waals surface area contributed by atoms with Crippen molar-refractivity contribution in [3.63, 3.8) is 0 Å². The number of esters is 1. The molecule has 158 valence electrons. The van der Waals surface area contributed by atoms with Crippen LogP contribution in [0.2, 0.25) is 0 Å². The molecule has 0 saturated carbocycles. The lowest BCUT2D eigenvalue weighted by Crippen LogP contribution is -2.35. The Labute approximate surface area is 182 Å². The summed E-state index contributed by atoms with van der Waals surface area (Å²) in [6.07, 6.45) is 4.85. The third kappa shape index (κ3) is 5.36. The molecule has 0 unspecified atom stereocenters. The second-order valence-corrected chi connectivity index (χ2v) is 6.99. The van der Waals surface area contributed by atoms with Crippen LogP contribution in [0.1, 0.15) is 15.9 Å². The third-order valence-corrected chi connectivity index (χ3v) is 4.66. The molecule has 6 heteroatoms. The van der Waals surface area contributed by atoms with Gasteiger partial charge in [0.25, 0.3) is 5.91 Å². The summed E-state index contributed by atoms with van der Waals surface area (Å²) in [4.78, 5) is 26.8. The SMILES string of the molecule is C=CCN(CC=C)C(=O)COC(=O)c1cn(-c2ccccc2)nc1-c1ccc(C)cc1. The number of amides is 1. The minimum Gasteiger partial charge on any atom is -0.452 e. The number of benzene rings is 2. The Kier molecular flexibility index (Phi) is 7.17. The largest absolute Gasteiger partial charge is 0.452 e. The van der Waals surface area contributed by atoms with Crippen LogP contribution in [0, 0.1) is 6.92 Å². The van der Waals surface area contributed by atoms with Crippen molar-refractivity contribution in [2.45, 2.75) is 6.92 Å². The molecule has 1 heterocycles. The maximum Gasteiger partial charge on any atom is 0.342 e. The van der Waals surface area contributed by atoms with Gasteiger partial charge in [0.1, 0.15) is 11.3 Å². The van der Waals surface area contributed by atoms with Gasteiger partial charge in [-0.15, -0.1) is 13.2 Å². The second kappa shape index (κ2) is 10.2. The van der Waals surface area contributed by atoms with Crippen LogP contribution in [0.5, 0.6) is 0 Å². The predicted molar refractivity (Wildman–Crippen MR) is 121 cm³/mol. The average Bonchev–Trinajstić information content (AvgIpc) is 3.24. The number of aryl methyl sites for hydroxylation is 1. The molecule has 31 heavy (non-hydrogen) atoms. The molecular formula is C25H25N3O3. The van der Waals surface area contributed by atoms with E-state index in [2.05, 4.69) is 18.3 Å². The first-order chi connectivity index (χ1) is 15.0. The topological polar surface area (TPSA) is 64.4 Å². The number of para-hydroxylation sites is 1. The predicted octanol–water partition coefficient (Wildman–Crippen LogP) is 4.21. The van der Waals surface area contributed by atoms with Crippen LogP contribution in [0.3, 0.4) is 0 Å². The minimum atomic E-state index is -0.608. The van der Waals surface area contributed by atoms with Gasteiger partial charge in [-0.3, -0.25) is 4.79 Å². The highest BCUT2D eigenvalue weighted by Crippen LogP contribution is 2.25. The number of rotatable bonds is 9. The monoisotopic (exact) mass is 415 g/mol. The summed E-state index contributed by atoms with van der Waals surface area (Å²) in [6.45, 7) is 9.61. The van der Waals surface area contributed by atoms with Crippen molar-refractivity contribution in [1.82, 2.24) is 14.7 Å². The molecule has 0 spiro atoms. The smallest absolute Gasteiger partial charge is 0.342 e. The first-order valence-corrected chi connectivity index (χ1v) is 9.92. The van der Waals surface area contributed by atoms with E-state index in [-0.39, 0.29) is 12.5 Å². The first kappa shape index (κ1) is 21.8. The zero-order chi connectivity index (χ0) is 22.2. The molecule has 3 rings (SSSR count). The van der Waals surface area contributed by atoms with Crippen molar-refractivity contribution in [2.75, 3.05) is 19.7 Å². The first-order valence-electron chi connectivity index (χ1n) is 9.92. The number of hydrogen-bond donors (Lipinski definition) is 0. The van der Waals surface area contributed by atoms with Gasteiger partial charge in [0.15, 0.2) is 6.61 Å². The number of ether oxygens (including phenoxy) is 1. The number of aromatic nitrogens is 2. The summed E-state index contributed by atoms with van der Waals surface area (Å²) in [6, 6.07) is 17.2. The molecule has 6 nitrogen and oxygen atoms in total. The lowest BCUT2D eigenvalue weighted by molar-refractivity contribution is -0.133. The van der Waals surface area contributed by atoms with Crippen LogP contribution in [0.4, 0.5) is 0 Å². The summed E-state index contributed by atoms with van der Waals surface area (Å²) in [5.41, 5.74) is 3.49. The van der Waals surface area contributed by atoms with Crippen LogP contribution in [-0.2, 0) is 9.53 Å². The van der Waals surface area contributed by atoms with Crippen molar-refractivity contribution in [2.24, 2.45) is 0 Å². The quantitative estimate of drug-likeness (QED) is 0.388. The second-order valence-electron chi connectivity index (χ2n) is 6.99. The van der Waals surface area contributed by atoms with E-state index in [9.17, 15) is 9.59 Å². The standard InChI is InChI=1S/C25H25N3O3/c1-4-15-27(16-5-2)23(29)18-31-25(30)22-17-28(21-9-7-6-8-10-21)26-24(22)20-13-11-19(3)12-14-20/h4-14,17H,1-2,15-16,18H2,3H3. The normalized spacial score (nSPS) is 10.4. The Morgan fingerprint density at radius 3 is 2.29 bits per heavy atom. The summed E-state index contributed by atoms with van der Waals surface area (Å²) < 4.78 is 6.98. The van der Waals surface area contributed by atoms with Gasteiger partial charge in [-0.25, -0.2) is 9.48 Å². The van der Waals surface area contributed by atoms with Crippen LogP contribution >= 0.6 is 0 Å². The third-order valence-electron chi connectivity index (χ3n) is 4.66. The fraction of sp³-hybridized carbons (Fsp3) is 0.160. The Balaban J connectivity index is 1.87. The maximum atomic E-state index is 12.9. The van der Waals surface area contributed by atoms with E-state index < -0.39 is 5.97 Å². The van der Waals surface area contributed by atoms with Crippen molar-refractivity contribution < 1.29 is 14.3 Å². The molecule has 0 N–H and O–H groups in total. The van der Waals surface area contributed by atoms with Gasteiger partial charge in [-0.2, -0.15) is 5.10 Å². The molecule has 0 aliphatic rings. The van der Waals surface area contributed by atoms with Gasteiger partial charge >= 0.3 is 5.97 Å². The molecule has 0 atom stereocenters. The zero-order valence-corrected chi connectivity index (χ0v) is 17.5. The van der Waals surface area contributed by atoms with E-state index in [0.29, 0.717) is 24.3 Å². The summed E-state index contributed by atoms with van der Waals surface area (Å²) in [5.74, 6) is -0.927. The van der Waals surface area contributed by atoms with E-state index in [0.717, 1.165) is 16.8 Å². The van der Waals surface area contributed by atoms with E-state index in [1.165, 1.54) is 4.90 Å². The summed E-state index contributed by atoms with van der Waals surface area (Å²) >= 11 is 0. The molecule has 3 aromatic rings. The number of hydrogen-bond acceptors (Lipinski definition) is 4. The summed E-state index contributed by atoms with van der Waals surface area (Å²) in [5, 5.41) is 4.62. The van der Waals surface area contributed by atoms with Gasteiger partial charge in [0.2, 0.25) is 0 Å². The van der Waals surface area contributed by atoms with Gasteiger partial charge in [0.05, 0.1) is 5.69 Å². The molecule has 1 aromatic heterocycles. The molecule has 0 aliphatic heterocycles. The molecule has 0 radical (unpaired) electrons. The van der Waals surface area contributed by atoms with Crippen molar-refractivity contribution in [3.8, 4) is 16.9 Å². The van der Waals surface area contributed by atoms with Gasteiger partial charge < -0.3 is 9.64 Å². The molecule has 2 aromatic carbocycles. The molecule has 0 aliphatic carbocycles. The zero-order valence-electron chi connectivity index (χ0n) is 17.5.